The van der Waals surface area contributed by atoms with E-state index in [0.29, 0.717) is 33.4 Å². The van der Waals surface area contributed by atoms with Crippen LogP contribution >= 0.6 is 0 Å². The van der Waals surface area contributed by atoms with Gasteiger partial charge >= 0.3 is 0 Å². The zero-order chi connectivity index (χ0) is 67.8. The molecular formula is C96H94O2. The van der Waals surface area contributed by atoms with E-state index in [4.69, 9.17) is 0 Å². The van der Waals surface area contributed by atoms with Crippen molar-refractivity contribution in [2.45, 2.75) is 193 Å². The van der Waals surface area contributed by atoms with Crippen molar-refractivity contribution in [3.8, 4) is 57.8 Å². The van der Waals surface area contributed by atoms with E-state index < -0.39 is 11.2 Å². The lowest BCUT2D eigenvalue weighted by Crippen LogP contribution is -2.27. The number of aliphatic hydroxyl groups is 2. The average molecular weight is 1280 g/mol. The van der Waals surface area contributed by atoms with Crippen LogP contribution in [-0.4, -0.2) is 10.2 Å². The minimum atomic E-state index is -1.75. The van der Waals surface area contributed by atoms with Crippen molar-refractivity contribution in [3.63, 3.8) is 0 Å². The number of unbranched alkanes of at least 4 members (excludes halogenated alkanes) is 16. The Kier molecular flexibility index (Phi) is 24.8. The monoisotopic (exact) mass is 1280 g/mol. The lowest BCUT2D eigenvalue weighted by molar-refractivity contribution is 0.131. The minimum absolute atomic E-state index is 0.326. The van der Waals surface area contributed by atoms with Gasteiger partial charge < -0.3 is 10.2 Å². The first-order valence-corrected chi connectivity index (χ1v) is 36.8. The molecular weight excluding hydrogens is 1190 g/mol. The van der Waals surface area contributed by atoms with E-state index in [1.807, 2.05) is 121 Å². The summed E-state index contributed by atoms with van der Waals surface area (Å²) in [4.78, 5) is 0. The van der Waals surface area contributed by atoms with E-state index in [1.165, 1.54) is 99.3 Å². The van der Waals surface area contributed by atoms with Crippen molar-refractivity contribution >= 4 is 22.3 Å². The van der Waals surface area contributed by atoms with Crippen LogP contribution in [0.4, 0.5) is 0 Å². The van der Waals surface area contributed by atoms with E-state index in [1.54, 1.807) is 0 Å². The molecule has 490 valence electrons. The molecule has 0 bridgehead atoms. The Balaban J connectivity index is 1.23. The summed E-state index contributed by atoms with van der Waals surface area (Å²) in [5, 5.41) is 28.8. The topological polar surface area (TPSA) is 40.5 Å². The Bertz CT molecular complexity index is 4220. The highest BCUT2D eigenvalue weighted by Crippen LogP contribution is 2.53. The maximum Gasteiger partial charge on any atom is 0.157 e. The van der Waals surface area contributed by atoms with Crippen LogP contribution in [0.15, 0.2) is 240 Å². The van der Waals surface area contributed by atoms with Gasteiger partial charge in [-0.15, -0.1) is 0 Å². The molecule has 0 fully saturated rings. The number of benzene rings is 8. The molecule has 8 aromatic carbocycles. The van der Waals surface area contributed by atoms with Crippen molar-refractivity contribution in [1.29, 1.82) is 0 Å². The summed E-state index contributed by atoms with van der Waals surface area (Å²) in [6, 6.07) is 66.9. The van der Waals surface area contributed by atoms with Gasteiger partial charge in [-0.25, -0.2) is 0 Å². The number of hydrogen-bond acceptors (Lipinski definition) is 2. The Hall–Kier alpha value is -9.74. The smallest absolute Gasteiger partial charge is 0.157 e. The first kappa shape index (κ1) is 69.6. The SMILES string of the molecule is CCCCCCCc1ccc2c(c1)C(O)(C1=C=C=C(c3ccccc3)C#CC(c3ccccc3)=C=C=C(C3(O)c4cc(CCCCCCC)ccc4-c4ccc(CCCCCCC)cc43)C#CC(c3ccccc3)=C=C=C(c3ccccc3)C#C1)c1cc(CCCCCCC)ccc1-2. The molecule has 0 saturated carbocycles. The normalized spacial score (nSPS) is 13.8. The van der Waals surface area contributed by atoms with E-state index >= 15 is 0 Å². The standard InChI is InChI=1S/C96H94O2/c1-5-9-13-17-25-37-73-49-65-87-88-66-50-74(38-26-18-14-10-6-2)70-92(88)95(97,91(87)69-73)85-61-57-81(77-41-29-21-30-42-77)53-55-83(79-45-33-23-34-46-79)59-63-86(64-60-84(80-47-35-24-36-48-80)56-54-82(58-62-85)78-43-31-22-32-44-78)96(98)93-71-75(39-27-19-15-11-7-3)51-67-89(93)90-68-52-76(72-94(90)96)40-28-20-16-12-8-4/h21-24,29-36,41-52,65-72,97-98H,5-20,25-28,37-40H2,1-4H3. The van der Waals surface area contributed by atoms with Crippen molar-refractivity contribution < 1.29 is 10.2 Å². The van der Waals surface area contributed by atoms with Crippen molar-refractivity contribution in [3.05, 3.63) is 306 Å². The second-order valence-electron chi connectivity index (χ2n) is 26.8. The number of hydrogen-bond donors (Lipinski definition) is 2. The highest BCUT2D eigenvalue weighted by atomic mass is 16.3. The van der Waals surface area contributed by atoms with Gasteiger partial charge in [-0.2, -0.15) is 0 Å². The second-order valence-corrected chi connectivity index (χ2v) is 26.8. The molecule has 0 aliphatic heterocycles. The highest BCUT2D eigenvalue weighted by molar-refractivity contribution is 5.90. The molecule has 3 aliphatic carbocycles. The molecule has 3 aliphatic rings. The van der Waals surface area contributed by atoms with Gasteiger partial charge in [0.25, 0.3) is 0 Å². The number of rotatable bonds is 30. The Labute approximate surface area is 586 Å². The molecule has 0 aromatic heterocycles. The highest BCUT2D eigenvalue weighted by Gasteiger charge is 2.46. The molecule has 2 nitrogen and oxygen atoms in total. The third-order valence-electron chi connectivity index (χ3n) is 19.6. The summed E-state index contributed by atoms with van der Waals surface area (Å²) < 4.78 is 0. The summed E-state index contributed by atoms with van der Waals surface area (Å²) in [7, 11) is 0. The fourth-order valence-electron chi connectivity index (χ4n) is 14.0. The first-order chi connectivity index (χ1) is 48.2. The summed E-state index contributed by atoms with van der Waals surface area (Å²) >= 11 is 0. The van der Waals surface area contributed by atoms with Crippen LogP contribution < -0.4 is 0 Å². The molecule has 98 heavy (non-hydrogen) atoms. The van der Waals surface area contributed by atoms with Crippen LogP contribution in [0.3, 0.4) is 0 Å². The van der Waals surface area contributed by atoms with Crippen molar-refractivity contribution in [2.24, 2.45) is 0 Å². The van der Waals surface area contributed by atoms with Crippen LogP contribution in [0.5, 0.6) is 0 Å². The minimum Gasteiger partial charge on any atom is -0.375 e. The molecule has 0 amide bonds. The summed E-state index contributed by atoms with van der Waals surface area (Å²) in [6.45, 7) is 9.02. The van der Waals surface area contributed by atoms with Crippen LogP contribution in [0.25, 0.3) is 44.5 Å². The van der Waals surface area contributed by atoms with Crippen molar-refractivity contribution in [1.82, 2.24) is 0 Å². The summed E-state index contributed by atoms with van der Waals surface area (Å²) in [6.07, 6.45) is 26.9. The molecule has 0 saturated heterocycles. The first-order valence-electron chi connectivity index (χ1n) is 36.8. The Morgan fingerprint density at radius 1 is 0.245 bits per heavy atom. The predicted octanol–water partition coefficient (Wildman–Crippen LogP) is 23.3. The van der Waals surface area contributed by atoms with Crippen molar-refractivity contribution in [2.75, 3.05) is 0 Å². The predicted molar refractivity (Wildman–Crippen MR) is 410 cm³/mol. The largest absolute Gasteiger partial charge is 0.375 e. The molecule has 0 radical (unpaired) electrons. The molecule has 0 heterocycles. The Morgan fingerprint density at radius 2 is 0.469 bits per heavy atom. The van der Waals surface area contributed by atoms with Crippen LogP contribution in [-0.2, 0) is 36.9 Å². The fraction of sp³-hybridized carbons (Fsp3) is 0.312. The van der Waals surface area contributed by atoms with E-state index in [0.717, 1.165) is 144 Å². The molecule has 2 N–H and O–H groups in total. The number of fused-ring (bicyclic) bond motifs is 6. The van der Waals surface area contributed by atoms with Gasteiger partial charge in [0.15, 0.2) is 11.2 Å². The van der Waals surface area contributed by atoms with E-state index in [9.17, 15) is 10.2 Å². The second kappa shape index (κ2) is 35.0. The third-order valence-corrected chi connectivity index (χ3v) is 19.6. The average Bonchev–Trinajstić information content (AvgIpc) is 1.57. The fourth-order valence-corrected chi connectivity index (χ4v) is 14.0. The number of allylic oxidation sites excluding steroid dienone is 4. The summed E-state index contributed by atoms with van der Waals surface area (Å²) in [5.41, 5.74) is 35.9. The molecule has 8 aromatic rings. The van der Waals surface area contributed by atoms with Crippen LogP contribution in [0, 0.1) is 35.5 Å². The van der Waals surface area contributed by atoms with Crippen LogP contribution in [0.2, 0.25) is 0 Å². The van der Waals surface area contributed by atoms with Gasteiger partial charge in [-0.1, -0.05) is 394 Å². The maximum absolute atomic E-state index is 14.4. The van der Waals surface area contributed by atoms with Crippen LogP contribution in [0.1, 0.15) is 223 Å². The molecule has 2 heteroatoms. The van der Waals surface area contributed by atoms with E-state index in [-0.39, 0.29) is 0 Å². The molecule has 0 atom stereocenters. The van der Waals surface area contributed by atoms with Gasteiger partial charge in [-0.3, -0.25) is 0 Å². The summed E-state index contributed by atoms with van der Waals surface area (Å²) in [5.74, 6) is 21.6. The molecule has 0 unspecified atom stereocenters. The zero-order valence-corrected chi connectivity index (χ0v) is 58.3. The zero-order valence-electron chi connectivity index (χ0n) is 58.3. The van der Waals surface area contributed by atoms with Gasteiger partial charge in [0.2, 0.25) is 0 Å². The maximum atomic E-state index is 14.4. The Morgan fingerprint density at radius 3 is 0.714 bits per heavy atom. The number of aryl methyl sites for hydroxylation is 4. The quantitative estimate of drug-likeness (QED) is 0.0268. The third kappa shape index (κ3) is 17.0. The lowest BCUT2D eigenvalue weighted by atomic mass is 9.82. The van der Waals surface area contributed by atoms with Gasteiger partial charge in [0.05, 0.1) is 33.4 Å². The van der Waals surface area contributed by atoms with E-state index in [2.05, 4.69) is 170 Å². The van der Waals surface area contributed by atoms with Gasteiger partial charge in [-0.05, 0) is 118 Å². The van der Waals surface area contributed by atoms with Gasteiger partial charge in [0, 0.05) is 22.3 Å². The molecule has 11 rings (SSSR count). The lowest BCUT2D eigenvalue weighted by Gasteiger charge is -2.25. The molecule has 0 spiro atoms. The van der Waals surface area contributed by atoms with Gasteiger partial charge in [0.1, 0.15) is 0 Å².